The average molecular weight is 240 g/mol. The monoisotopic (exact) mass is 240 g/mol. The van der Waals surface area contributed by atoms with E-state index < -0.39 is 11.6 Å². The molecular weight excluding hydrogens is 222 g/mol. The number of benzene rings is 1. The lowest BCUT2D eigenvalue weighted by molar-refractivity contribution is 0.402. The molecule has 0 spiro atoms. The standard InChI is InChI=1S/C13H18F2N2/c14-11-5-4-10(12(15)6-11)8-17-13-3-1-2-9(13)7-16/h4-6,9,13,17H,1-3,7-8,16H2. The second-order valence-corrected chi connectivity index (χ2v) is 4.65. The van der Waals surface area contributed by atoms with E-state index in [1.807, 2.05) is 0 Å². The summed E-state index contributed by atoms with van der Waals surface area (Å²) in [5.41, 5.74) is 6.19. The van der Waals surface area contributed by atoms with Crippen LogP contribution in [0.25, 0.3) is 0 Å². The molecule has 1 saturated carbocycles. The molecule has 94 valence electrons. The molecule has 2 unspecified atom stereocenters. The number of hydrogen-bond donors (Lipinski definition) is 2. The highest BCUT2D eigenvalue weighted by atomic mass is 19.1. The summed E-state index contributed by atoms with van der Waals surface area (Å²) >= 11 is 0. The molecule has 0 amide bonds. The zero-order valence-electron chi connectivity index (χ0n) is 9.76. The van der Waals surface area contributed by atoms with Gasteiger partial charge in [0.05, 0.1) is 0 Å². The summed E-state index contributed by atoms with van der Waals surface area (Å²) in [7, 11) is 0. The Morgan fingerprint density at radius 2 is 2.12 bits per heavy atom. The molecule has 1 aliphatic carbocycles. The third kappa shape index (κ3) is 3.01. The first-order valence-corrected chi connectivity index (χ1v) is 6.08. The molecule has 1 aliphatic rings. The molecule has 0 radical (unpaired) electrons. The van der Waals surface area contributed by atoms with Crippen molar-refractivity contribution in [2.45, 2.75) is 31.8 Å². The Bertz CT molecular complexity index is 382. The van der Waals surface area contributed by atoms with Gasteiger partial charge >= 0.3 is 0 Å². The van der Waals surface area contributed by atoms with Crippen LogP contribution >= 0.6 is 0 Å². The molecule has 2 rings (SSSR count). The lowest BCUT2D eigenvalue weighted by Gasteiger charge is -2.19. The number of nitrogens with two attached hydrogens (primary N) is 1. The highest BCUT2D eigenvalue weighted by Gasteiger charge is 2.25. The van der Waals surface area contributed by atoms with Crippen molar-refractivity contribution in [3.63, 3.8) is 0 Å². The lowest BCUT2D eigenvalue weighted by Crippen LogP contribution is -2.35. The molecule has 1 fully saturated rings. The maximum atomic E-state index is 13.4. The molecule has 4 heteroatoms. The third-order valence-electron chi connectivity index (χ3n) is 3.53. The highest BCUT2D eigenvalue weighted by molar-refractivity contribution is 5.18. The topological polar surface area (TPSA) is 38.0 Å². The van der Waals surface area contributed by atoms with Crippen LogP contribution in [0.4, 0.5) is 8.78 Å². The molecule has 2 nitrogen and oxygen atoms in total. The van der Waals surface area contributed by atoms with Gasteiger partial charge in [-0.1, -0.05) is 12.5 Å². The van der Waals surface area contributed by atoms with Crippen molar-refractivity contribution in [3.05, 3.63) is 35.4 Å². The molecule has 2 atom stereocenters. The Balaban J connectivity index is 1.93. The molecule has 0 saturated heterocycles. The average Bonchev–Trinajstić information content (AvgIpc) is 2.75. The Morgan fingerprint density at radius 3 is 2.82 bits per heavy atom. The van der Waals surface area contributed by atoms with Crippen LogP contribution < -0.4 is 11.1 Å². The normalized spacial score (nSPS) is 24.2. The van der Waals surface area contributed by atoms with Crippen LogP contribution in [0.5, 0.6) is 0 Å². The van der Waals surface area contributed by atoms with Gasteiger partial charge in [0.25, 0.3) is 0 Å². The summed E-state index contributed by atoms with van der Waals surface area (Å²) in [4.78, 5) is 0. The van der Waals surface area contributed by atoms with E-state index in [1.54, 1.807) is 0 Å². The fourth-order valence-corrected chi connectivity index (χ4v) is 2.49. The summed E-state index contributed by atoms with van der Waals surface area (Å²) in [6.07, 6.45) is 3.40. The SMILES string of the molecule is NCC1CCCC1NCc1ccc(F)cc1F. The van der Waals surface area contributed by atoms with Gasteiger partial charge in [-0.25, -0.2) is 8.78 Å². The quantitative estimate of drug-likeness (QED) is 0.846. The van der Waals surface area contributed by atoms with Crippen LogP contribution in [0.3, 0.4) is 0 Å². The number of hydrogen-bond acceptors (Lipinski definition) is 2. The highest BCUT2D eigenvalue weighted by Crippen LogP contribution is 2.25. The van der Waals surface area contributed by atoms with Crippen LogP contribution in [-0.4, -0.2) is 12.6 Å². The number of nitrogens with one attached hydrogen (secondary N) is 1. The van der Waals surface area contributed by atoms with Gasteiger partial charge in [-0.05, 0) is 31.4 Å². The Morgan fingerprint density at radius 1 is 1.29 bits per heavy atom. The molecule has 0 heterocycles. The molecule has 0 aliphatic heterocycles. The molecule has 1 aromatic rings. The molecule has 3 N–H and O–H groups in total. The van der Waals surface area contributed by atoms with Crippen molar-refractivity contribution in [3.8, 4) is 0 Å². The smallest absolute Gasteiger partial charge is 0.130 e. The van der Waals surface area contributed by atoms with Gasteiger partial charge in [0.1, 0.15) is 11.6 Å². The van der Waals surface area contributed by atoms with E-state index in [-0.39, 0.29) is 0 Å². The first-order chi connectivity index (χ1) is 8.20. The minimum absolute atomic E-state index is 0.365. The van der Waals surface area contributed by atoms with Gasteiger partial charge < -0.3 is 11.1 Å². The minimum atomic E-state index is -0.535. The fourth-order valence-electron chi connectivity index (χ4n) is 2.49. The minimum Gasteiger partial charge on any atom is -0.330 e. The van der Waals surface area contributed by atoms with E-state index in [1.165, 1.54) is 18.6 Å². The van der Waals surface area contributed by atoms with Crippen LogP contribution in [0.1, 0.15) is 24.8 Å². The summed E-state index contributed by atoms with van der Waals surface area (Å²) in [5.74, 6) is -0.537. The largest absolute Gasteiger partial charge is 0.330 e. The second kappa shape index (κ2) is 5.56. The molecule has 17 heavy (non-hydrogen) atoms. The van der Waals surface area contributed by atoms with Crippen molar-refractivity contribution in [2.75, 3.05) is 6.54 Å². The molecular formula is C13H18F2N2. The van der Waals surface area contributed by atoms with Gasteiger partial charge in [-0.3, -0.25) is 0 Å². The first-order valence-electron chi connectivity index (χ1n) is 6.08. The predicted octanol–water partition coefficient (Wildman–Crippen LogP) is 2.18. The van der Waals surface area contributed by atoms with Crippen LogP contribution in [0, 0.1) is 17.6 Å². The maximum Gasteiger partial charge on any atom is 0.130 e. The Labute approximate surface area is 100 Å². The van der Waals surface area contributed by atoms with Crippen molar-refractivity contribution in [1.29, 1.82) is 0 Å². The summed E-state index contributed by atoms with van der Waals surface area (Å²) in [6, 6.07) is 4.06. The summed E-state index contributed by atoms with van der Waals surface area (Å²) in [6.45, 7) is 1.11. The molecule has 1 aromatic carbocycles. The van der Waals surface area contributed by atoms with E-state index in [4.69, 9.17) is 5.73 Å². The first kappa shape index (κ1) is 12.5. The van der Waals surface area contributed by atoms with E-state index >= 15 is 0 Å². The van der Waals surface area contributed by atoms with Crippen LogP contribution in [0.2, 0.25) is 0 Å². The Hall–Kier alpha value is -1.00. The maximum absolute atomic E-state index is 13.4. The van der Waals surface area contributed by atoms with Gasteiger partial charge in [0.15, 0.2) is 0 Å². The number of halogens is 2. The molecule has 0 aromatic heterocycles. The van der Waals surface area contributed by atoms with Gasteiger partial charge in [-0.2, -0.15) is 0 Å². The van der Waals surface area contributed by atoms with Crippen molar-refractivity contribution in [1.82, 2.24) is 5.32 Å². The Kier molecular flexibility index (Phi) is 4.07. The van der Waals surface area contributed by atoms with Crippen LogP contribution in [0.15, 0.2) is 18.2 Å². The third-order valence-corrected chi connectivity index (χ3v) is 3.53. The predicted molar refractivity (Wildman–Crippen MR) is 63.4 cm³/mol. The summed E-state index contributed by atoms with van der Waals surface area (Å²) in [5, 5.41) is 3.32. The van der Waals surface area contributed by atoms with E-state index in [2.05, 4.69) is 5.32 Å². The van der Waals surface area contributed by atoms with Gasteiger partial charge in [0.2, 0.25) is 0 Å². The lowest BCUT2D eigenvalue weighted by atomic mass is 10.0. The zero-order chi connectivity index (χ0) is 12.3. The van der Waals surface area contributed by atoms with Crippen molar-refractivity contribution in [2.24, 2.45) is 11.7 Å². The van der Waals surface area contributed by atoms with Crippen molar-refractivity contribution < 1.29 is 8.78 Å². The van der Waals surface area contributed by atoms with Gasteiger partial charge in [0, 0.05) is 24.2 Å². The van der Waals surface area contributed by atoms with E-state index in [0.717, 1.165) is 18.9 Å². The molecule has 0 bridgehead atoms. The van der Waals surface area contributed by atoms with E-state index in [9.17, 15) is 8.78 Å². The van der Waals surface area contributed by atoms with Gasteiger partial charge in [-0.15, -0.1) is 0 Å². The van der Waals surface area contributed by atoms with E-state index in [0.29, 0.717) is 30.6 Å². The zero-order valence-corrected chi connectivity index (χ0v) is 9.76. The number of rotatable bonds is 4. The fraction of sp³-hybridized carbons (Fsp3) is 0.538. The van der Waals surface area contributed by atoms with Crippen molar-refractivity contribution >= 4 is 0 Å². The second-order valence-electron chi connectivity index (χ2n) is 4.65. The van der Waals surface area contributed by atoms with Crippen LogP contribution in [-0.2, 0) is 6.54 Å². The summed E-state index contributed by atoms with van der Waals surface area (Å²) < 4.78 is 26.1.